The Kier molecular flexibility index (Phi) is 9.05. The van der Waals surface area contributed by atoms with Crippen LogP contribution in [0.25, 0.3) is 6.08 Å². The zero-order chi connectivity index (χ0) is 22.1. The second-order valence-electron chi connectivity index (χ2n) is 6.96. The van der Waals surface area contributed by atoms with E-state index in [2.05, 4.69) is 17.3 Å². The molecule has 1 aromatic heterocycles. The van der Waals surface area contributed by atoms with Gasteiger partial charge in [-0.3, -0.25) is 14.3 Å². The van der Waals surface area contributed by atoms with Crippen molar-refractivity contribution in [1.82, 2.24) is 20.0 Å². The Bertz CT molecular complexity index is 893. The molecule has 0 spiro atoms. The van der Waals surface area contributed by atoms with Gasteiger partial charge in [0.05, 0.1) is 12.2 Å². The lowest BCUT2D eigenvalue weighted by Gasteiger charge is -2.18. The summed E-state index contributed by atoms with van der Waals surface area (Å²) in [5, 5.41) is 7.66. The number of carbonyl (C=O) groups excluding carboxylic acids is 2. The van der Waals surface area contributed by atoms with E-state index in [1.807, 2.05) is 6.92 Å². The minimum Gasteiger partial charge on any atom is -0.350 e. The number of benzene rings is 1. The molecule has 0 unspecified atom stereocenters. The lowest BCUT2D eigenvalue weighted by molar-refractivity contribution is -0.132. The first kappa shape index (κ1) is 23.6. The highest BCUT2D eigenvalue weighted by Crippen LogP contribution is 2.22. The van der Waals surface area contributed by atoms with E-state index in [1.165, 1.54) is 23.1 Å². The first-order chi connectivity index (χ1) is 14.3. The molecule has 0 bridgehead atoms. The lowest BCUT2D eigenvalue weighted by atomic mass is 10.2. The maximum atomic E-state index is 12.9. The Morgan fingerprint density at radius 2 is 1.97 bits per heavy atom. The predicted molar refractivity (Wildman–Crippen MR) is 116 cm³/mol. The molecule has 1 aromatic carbocycles. The smallest absolute Gasteiger partial charge is 0.247 e. The van der Waals surface area contributed by atoms with E-state index in [0.29, 0.717) is 17.3 Å². The summed E-state index contributed by atoms with van der Waals surface area (Å²) in [6, 6.07) is 5.89. The number of nitrogens with zero attached hydrogens (tertiary/aromatic N) is 3. The van der Waals surface area contributed by atoms with Gasteiger partial charge >= 0.3 is 0 Å². The summed E-state index contributed by atoms with van der Waals surface area (Å²) in [7, 11) is 0. The van der Waals surface area contributed by atoms with Gasteiger partial charge in [-0.25, -0.2) is 4.39 Å². The Hall–Kier alpha value is -2.67. The summed E-state index contributed by atoms with van der Waals surface area (Å²) < 4.78 is 14.7. The van der Waals surface area contributed by atoms with Crippen molar-refractivity contribution in [2.75, 3.05) is 13.1 Å². The van der Waals surface area contributed by atoms with E-state index in [-0.39, 0.29) is 30.7 Å². The highest BCUT2D eigenvalue weighted by Gasteiger charge is 2.15. The number of aryl methyl sites for hydroxylation is 2. The molecule has 0 fully saturated rings. The van der Waals surface area contributed by atoms with Crippen LogP contribution in [0.4, 0.5) is 4.39 Å². The number of carbonyl (C=O) groups is 2. The van der Waals surface area contributed by atoms with Crippen LogP contribution in [0.15, 0.2) is 30.3 Å². The fourth-order valence-electron chi connectivity index (χ4n) is 2.85. The predicted octanol–water partition coefficient (Wildman–Crippen LogP) is 3.96. The number of hydrogen-bond donors (Lipinski definition) is 1. The second-order valence-corrected chi connectivity index (χ2v) is 7.31. The fourth-order valence-corrected chi connectivity index (χ4v) is 3.17. The molecule has 0 radical (unpaired) electrons. The molecule has 0 atom stereocenters. The number of amides is 2. The van der Waals surface area contributed by atoms with Gasteiger partial charge in [-0.2, -0.15) is 5.10 Å². The summed E-state index contributed by atoms with van der Waals surface area (Å²) in [6.45, 7) is 7.07. The molecule has 2 aromatic rings. The van der Waals surface area contributed by atoms with Gasteiger partial charge in [0.1, 0.15) is 11.0 Å². The SMILES string of the molecule is CCCCn1nc(C)c(/C=C/C(=O)N(CC)CC(=O)NCc2ccc(F)cc2)c1Cl. The topological polar surface area (TPSA) is 67.2 Å². The molecule has 2 rings (SSSR count). The van der Waals surface area contributed by atoms with Crippen molar-refractivity contribution < 1.29 is 14.0 Å². The fraction of sp³-hybridized carbons (Fsp3) is 0.409. The molecule has 0 aliphatic heterocycles. The van der Waals surface area contributed by atoms with Crippen LogP contribution in [0.5, 0.6) is 0 Å². The van der Waals surface area contributed by atoms with Crippen LogP contribution in [0.3, 0.4) is 0 Å². The molecule has 30 heavy (non-hydrogen) atoms. The van der Waals surface area contributed by atoms with Gasteiger partial charge in [-0.05, 0) is 44.0 Å². The number of aromatic nitrogens is 2. The average Bonchev–Trinajstić information content (AvgIpc) is 3.00. The standard InChI is InChI=1S/C22H28ClFN4O2/c1-4-6-13-28-22(23)19(16(3)26-28)11-12-21(30)27(5-2)15-20(29)25-14-17-7-9-18(24)10-8-17/h7-12H,4-6,13-15H2,1-3H3,(H,25,29)/b12-11+. The lowest BCUT2D eigenvalue weighted by Crippen LogP contribution is -2.39. The van der Waals surface area contributed by atoms with E-state index in [4.69, 9.17) is 11.6 Å². The summed E-state index contributed by atoms with van der Waals surface area (Å²) in [4.78, 5) is 26.2. The Morgan fingerprint density at radius 1 is 1.27 bits per heavy atom. The van der Waals surface area contributed by atoms with Crippen molar-refractivity contribution in [1.29, 1.82) is 0 Å². The summed E-state index contributed by atoms with van der Waals surface area (Å²) >= 11 is 6.39. The largest absolute Gasteiger partial charge is 0.350 e. The van der Waals surface area contributed by atoms with Crippen LogP contribution < -0.4 is 5.32 Å². The van der Waals surface area contributed by atoms with Gasteiger partial charge in [-0.1, -0.05) is 37.1 Å². The van der Waals surface area contributed by atoms with Gasteiger partial charge in [-0.15, -0.1) is 0 Å². The van der Waals surface area contributed by atoms with Crippen LogP contribution >= 0.6 is 11.6 Å². The van der Waals surface area contributed by atoms with Crippen molar-refractivity contribution in [3.63, 3.8) is 0 Å². The number of halogens is 2. The molecule has 1 heterocycles. The summed E-state index contributed by atoms with van der Waals surface area (Å²) in [5.41, 5.74) is 2.24. The molecule has 1 N–H and O–H groups in total. The molecule has 0 saturated heterocycles. The number of nitrogens with one attached hydrogen (secondary N) is 1. The van der Waals surface area contributed by atoms with E-state index in [1.54, 1.807) is 29.8 Å². The van der Waals surface area contributed by atoms with Crippen LogP contribution in [-0.2, 0) is 22.7 Å². The van der Waals surface area contributed by atoms with E-state index in [0.717, 1.165) is 30.6 Å². The van der Waals surface area contributed by atoms with Gasteiger partial charge in [0.15, 0.2) is 0 Å². The Morgan fingerprint density at radius 3 is 2.60 bits per heavy atom. The molecule has 0 saturated carbocycles. The van der Waals surface area contributed by atoms with E-state index in [9.17, 15) is 14.0 Å². The first-order valence-corrected chi connectivity index (χ1v) is 10.4. The normalized spacial score (nSPS) is 11.1. The zero-order valence-corrected chi connectivity index (χ0v) is 18.4. The molecule has 162 valence electrons. The monoisotopic (exact) mass is 434 g/mol. The van der Waals surface area contributed by atoms with Crippen molar-refractivity contribution in [3.05, 3.63) is 58.1 Å². The number of hydrogen-bond acceptors (Lipinski definition) is 3. The van der Waals surface area contributed by atoms with Crippen LogP contribution in [0.1, 0.15) is 43.5 Å². The van der Waals surface area contributed by atoms with Crippen LogP contribution in [0, 0.1) is 12.7 Å². The third-order valence-electron chi connectivity index (χ3n) is 4.66. The van der Waals surface area contributed by atoms with Gasteiger partial charge in [0.25, 0.3) is 0 Å². The van der Waals surface area contributed by atoms with Crippen molar-refractivity contribution >= 4 is 29.5 Å². The first-order valence-electron chi connectivity index (χ1n) is 10.1. The Labute approximate surface area is 181 Å². The van der Waals surface area contributed by atoms with Crippen LogP contribution in [-0.4, -0.2) is 39.6 Å². The molecule has 6 nitrogen and oxygen atoms in total. The maximum Gasteiger partial charge on any atom is 0.247 e. The summed E-state index contributed by atoms with van der Waals surface area (Å²) in [6.07, 6.45) is 5.07. The van der Waals surface area contributed by atoms with Gasteiger partial charge in [0, 0.05) is 31.3 Å². The van der Waals surface area contributed by atoms with E-state index < -0.39 is 0 Å². The minimum atomic E-state index is -0.328. The third-order valence-corrected chi connectivity index (χ3v) is 5.05. The van der Waals surface area contributed by atoms with Crippen molar-refractivity contribution in [3.8, 4) is 0 Å². The molecular weight excluding hydrogens is 407 g/mol. The second kappa shape index (κ2) is 11.5. The van der Waals surface area contributed by atoms with Crippen LogP contribution in [0.2, 0.25) is 5.15 Å². The average molecular weight is 435 g/mol. The molecule has 0 aliphatic carbocycles. The van der Waals surface area contributed by atoms with E-state index >= 15 is 0 Å². The van der Waals surface area contributed by atoms with Crippen molar-refractivity contribution in [2.24, 2.45) is 0 Å². The molecule has 0 aliphatic rings. The number of rotatable bonds is 10. The maximum absolute atomic E-state index is 12.9. The zero-order valence-electron chi connectivity index (χ0n) is 17.6. The number of likely N-dealkylation sites (N-methyl/N-ethyl adjacent to an activating group) is 1. The summed E-state index contributed by atoms with van der Waals surface area (Å²) in [5.74, 6) is -0.901. The molecule has 8 heteroatoms. The van der Waals surface area contributed by atoms with Crippen molar-refractivity contribution in [2.45, 2.75) is 46.7 Å². The van der Waals surface area contributed by atoms with Gasteiger partial charge < -0.3 is 10.2 Å². The quantitative estimate of drug-likeness (QED) is 0.575. The minimum absolute atomic E-state index is 0.0661. The molecule has 2 amide bonds. The Balaban J connectivity index is 1.94. The van der Waals surface area contributed by atoms with Gasteiger partial charge in [0.2, 0.25) is 11.8 Å². The molecular formula is C22H28ClFN4O2. The third kappa shape index (κ3) is 6.69. The number of unbranched alkanes of at least 4 members (excludes halogenated alkanes) is 1. The highest BCUT2D eigenvalue weighted by molar-refractivity contribution is 6.31. The highest BCUT2D eigenvalue weighted by atomic mass is 35.5.